The molecule has 0 aliphatic carbocycles. The molecule has 0 amide bonds. The number of carbonyl (C=O) groups is 1. The fourth-order valence-corrected chi connectivity index (χ4v) is 2.72. The van der Waals surface area contributed by atoms with Crippen LogP contribution in [-0.2, 0) is 11.3 Å². The maximum Gasteiger partial charge on any atom is 0.320 e. The highest BCUT2D eigenvalue weighted by molar-refractivity contribution is 5.72. The van der Waals surface area contributed by atoms with E-state index >= 15 is 0 Å². The minimum absolute atomic E-state index is 0.390. The second kappa shape index (κ2) is 6.86. The topological polar surface area (TPSA) is 43.8 Å². The third-order valence-corrected chi connectivity index (χ3v) is 4.27. The zero-order valence-electron chi connectivity index (χ0n) is 12.3. The Bertz CT molecular complexity index is 435. The van der Waals surface area contributed by atoms with Crippen LogP contribution in [0.4, 0.5) is 0 Å². The highest BCUT2D eigenvalue weighted by atomic mass is 16.4. The number of rotatable bonds is 4. The van der Waals surface area contributed by atoms with Gasteiger partial charge in [-0.2, -0.15) is 0 Å². The summed E-state index contributed by atoms with van der Waals surface area (Å²) in [5.74, 6) is -0.728. The molecular weight excluding hydrogens is 252 g/mol. The van der Waals surface area contributed by atoms with Crippen LogP contribution in [-0.4, -0.2) is 52.6 Å². The first-order valence-electron chi connectivity index (χ1n) is 7.32. The van der Waals surface area contributed by atoms with Gasteiger partial charge in [0.15, 0.2) is 0 Å². The van der Waals surface area contributed by atoms with Gasteiger partial charge in [0, 0.05) is 32.2 Å². The number of hydrogen-bond donors (Lipinski definition) is 1. The minimum atomic E-state index is -0.728. The summed E-state index contributed by atoms with van der Waals surface area (Å²) in [7, 11) is 0. The van der Waals surface area contributed by atoms with E-state index in [-0.39, 0.29) is 6.04 Å². The van der Waals surface area contributed by atoms with E-state index in [9.17, 15) is 4.79 Å². The predicted octanol–water partition coefficient (Wildman–Crippen LogP) is 2.06. The van der Waals surface area contributed by atoms with Gasteiger partial charge in [-0.25, -0.2) is 0 Å². The number of hydrogen-bond acceptors (Lipinski definition) is 3. The van der Waals surface area contributed by atoms with Gasteiger partial charge in [-0.15, -0.1) is 0 Å². The average Bonchev–Trinajstić information content (AvgIpc) is 2.62. The normalized spacial score (nSPS) is 23.2. The largest absolute Gasteiger partial charge is 0.480 e. The van der Waals surface area contributed by atoms with Gasteiger partial charge in [0.05, 0.1) is 0 Å². The highest BCUT2D eigenvalue weighted by Crippen LogP contribution is 2.16. The molecule has 0 spiro atoms. The summed E-state index contributed by atoms with van der Waals surface area (Å²) in [6.45, 7) is 7.56. The van der Waals surface area contributed by atoms with Gasteiger partial charge in [-0.1, -0.05) is 30.3 Å². The van der Waals surface area contributed by atoms with Crippen LogP contribution >= 0.6 is 0 Å². The van der Waals surface area contributed by atoms with Crippen molar-refractivity contribution in [3.8, 4) is 0 Å². The molecular formula is C16H24N2O2. The van der Waals surface area contributed by atoms with Gasteiger partial charge in [0.25, 0.3) is 0 Å². The molecule has 2 unspecified atom stereocenters. The Labute approximate surface area is 121 Å². The van der Waals surface area contributed by atoms with Crippen LogP contribution < -0.4 is 0 Å². The molecule has 0 bridgehead atoms. The Hall–Kier alpha value is -1.39. The standard InChI is InChI=1S/C16H24N2O2/c1-13-8-9-17(14(2)16(19)20)10-11-18(13)12-15-6-4-3-5-7-15/h3-7,13-14H,8-12H2,1-2H3,(H,19,20). The van der Waals surface area contributed by atoms with Crippen molar-refractivity contribution in [2.24, 2.45) is 0 Å². The van der Waals surface area contributed by atoms with Crippen LogP contribution in [0.25, 0.3) is 0 Å². The highest BCUT2D eigenvalue weighted by Gasteiger charge is 2.26. The zero-order valence-corrected chi connectivity index (χ0v) is 12.3. The molecule has 110 valence electrons. The van der Waals surface area contributed by atoms with Crippen molar-refractivity contribution in [1.29, 1.82) is 0 Å². The van der Waals surface area contributed by atoms with Gasteiger partial charge >= 0.3 is 5.97 Å². The Morgan fingerprint density at radius 1 is 1.30 bits per heavy atom. The molecule has 1 saturated heterocycles. The van der Waals surface area contributed by atoms with Crippen molar-refractivity contribution < 1.29 is 9.90 Å². The van der Waals surface area contributed by atoms with E-state index in [1.807, 2.05) is 6.07 Å². The van der Waals surface area contributed by atoms with Crippen LogP contribution in [0.1, 0.15) is 25.8 Å². The Kier molecular flexibility index (Phi) is 5.15. The van der Waals surface area contributed by atoms with Crippen molar-refractivity contribution in [1.82, 2.24) is 9.80 Å². The number of nitrogens with zero attached hydrogens (tertiary/aromatic N) is 2. The molecule has 1 fully saturated rings. The van der Waals surface area contributed by atoms with E-state index in [2.05, 4.69) is 41.0 Å². The lowest BCUT2D eigenvalue weighted by Crippen LogP contribution is -2.41. The van der Waals surface area contributed by atoms with Crippen LogP contribution in [0.3, 0.4) is 0 Å². The molecule has 1 aliphatic rings. The third kappa shape index (κ3) is 3.81. The fraction of sp³-hybridized carbons (Fsp3) is 0.562. The second-order valence-electron chi connectivity index (χ2n) is 5.64. The van der Waals surface area contributed by atoms with E-state index < -0.39 is 5.97 Å². The van der Waals surface area contributed by atoms with Gasteiger partial charge in [-0.05, 0) is 25.8 Å². The lowest BCUT2D eigenvalue weighted by molar-refractivity contribution is -0.142. The number of carboxylic acid groups (broad SMARTS) is 1. The van der Waals surface area contributed by atoms with Crippen molar-refractivity contribution in [2.75, 3.05) is 19.6 Å². The quantitative estimate of drug-likeness (QED) is 0.914. The van der Waals surface area contributed by atoms with Crippen molar-refractivity contribution in [2.45, 2.75) is 38.9 Å². The molecule has 4 heteroatoms. The van der Waals surface area contributed by atoms with Gasteiger partial charge < -0.3 is 5.11 Å². The first-order valence-corrected chi connectivity index (χ1v) is 7.32. The molecule has 1 heterocycles. The summed E-state index contributed by atoms with van der Waals surface area (Å²) in [5, 5.41) is 9.14. The summed E-state index contributed by atoms with van der Waals surface area (Å²) in [6, 6.07) is 10.6. The van der Waals surface area contributed by atoms with Crippen molar-refractivity contribution in [3.05, 3.63) is 35.9 Å². The maximum absolute atomic E-state index is 11.1. The number of aliphatic carboxylic acids is 1. The molecule has 0 radical (unpaired) electrons. The molecule has 1 aromatic carbocycles. The molecule has 0 saturated carbocycles. The first-order chi connectivity index (χ1) is 9.58. The summed E-state index contributed by atoms with van der Waals surface area (Å²) >= 11 is 0. The summed E-state index contributed by atoms with van der Waals surface area (Å²) in [5.41, 5.74) is 1.32. The van der Waals surface area contributed by atoms with Crippen LogP contribution in [0.5, 0.6) is 0 Å². The smallest absolute Gasteiger partial charge is 0.320 e. The second-order valence-corrected chi connectivity index (χ2v) is 5.64. The van der Waals surface area contributed by atoms with E-state index in [1.54, 1.807) is 6.92 Å². The van der Waals surface area contributed by atoms with Crippen LogP contribution in [0, 0.1) is 0 Å². The Morgan fingerprint density at radius 2 is 2.00 bits per heavy atom. The molecule has 1 aliphatic heterocycles. The molecule has 0 aromatic heterocycles. The number of carboxylic acids is 1. The lowest BCUT2D eigenvalue weighted by atomic mass is 10.1. The van der Waals surface area contributed by atoms with Gasteiger partial charge in [-0.3, -0.25) is 14.6 Å². The number of benzene rings is 1. The molecule has 2 rings (SSSR count). The predicted molar refractivity (Wildman–Crippen MR) is 79.6 cm³/mol. The fourth-order valence-electron chi connectivity index (χ4n) is 2.72. The van der Waals surface area contributed by atoms with E-state index in [4.69, 9.17) is 5.11 Å². The summed E-state index contributed by atoms with van der Waals surface area (Å²) < 4.78 is 0. The summed E-state index contributed by atoms with van der Waals surface area (Å²) in [6.07, 6.45) is 1.02. The van der Waals surface area contributed by atoms with E-state index in [0.717, 1.165) is 32.6 Å². The van der Waals surface area contributed by atoms with Crippen LogP contribution in [0.15, 0.2) is 30.3 Å². The third-order valence-electron chi connectivity index (χ3n) is 4.27. The van der Waals surface area contributed by atoms with Crippen molar-refractivity contribution in [3.63, 3.8) is 0 Å². The maximum atomic E-state index is 11.1. The average molecular weight is 276 g/mol. The molecule has 1 aromatic rings. The van der Waals surface area contributed by atoms with E-state index in [1.165, 1.54) is 5.56 Å². The monoisotopic (exact) mass is 276 g/mol. The molecule has 4 nitrogen and oxygen atoms in total. The van der Waals surface area contributed by atoms with Gasteiger partial charge in [0.2, 0.25) is 0 Å². The summed E-state index contributed by atoms with van der Waals surface area (Å²) in [4.78, 5) is 15.6. The Morgan fingerprint density at radius 3 is 2.65 bits per heavy atom. The zero-order chi connectivity index (χ0) is 14.5. The Balaban J connectivity index is 1.97. The SMILES string of the molecule is CC1CCN(C(C)C(=O)O)CCN1Cc1ccccc1. The first kappa shape index (κ1) is 15.0. The minimum Gasteiger partial charge on any atom is -0.480 e. The molecule has 2 atom stereocenters. The molecule has 1 N–H and O–H groups in total. The molecule has 20 heavy (non-hydrogen) atoms. The van der Waals surface area contributed by atoms with Crippen LogP contribution in [0.2, 0.25) is 0 Å². The van der Waals surface area contributed by atoms with Crippen molar-refractivity contribution >= 4 is 5.97 Å². The van der Waals surface area contributed by atoms with Gasteiger partial charge in [0.1, 0.15) is 6.04 Å². The van der Waals surface area contributed by atoms with E-state index in [0.29, 0.717) is 6.04 Å². The lowest BCUT2D eigenvalue weighted by Gasteiger charge is -2.26.